The van der Waals surface area contributed by atoms with Gasteiger partial charge in [0.05, 0.1) is 11.8 Å². The van der Waals surface area contributed by atoms with Crippen molar-refractivity contribution in [1.29, 1.82) is 0 Å². The van der Waals surface area contributed by atoms with Gasteiger partial charge in [-0.05, 0) is 48.9 Å². The molecular formula is C19H18ClF2N5O2S. The van der Waals surface area contributed by atoms with Crippen LogP contribution in [0.4, 0.5) is 8.78 Å². The SMILES string of the molecule is CC(NC(=O)CSc1nnc(-c2ccc(OC(F)F)cc2)n1N)c1ccc(Cl)cc1. The second-order valence-corrected chi connectivity index (χ2v) is 7.59. The zero-order valence-corrected chi connectivity index (χ0v) is 17.3. The van der Waals surface area contributed by atoms with Gasteiger partial charge >= 0.3 is 6.61 Å². The van der Waals surface area contributed by atoms with Crippen molar-refractivity contribution in [3.05, 3.63) is 59.1 Å². The van der Waals surface area contributed by atoms with Crippen molar-refractivity contribution in [2.24, 2.45) is 0 Å². The highest BCUT2D eigenvalue weighted by Gasteiger charge is 2.16. The number of thioether (sulfide) groups is 1. The van der Waals surface area contributed by atoms with E-state index in [9.17, 15) is 13.6 Å². The number of nitrogens with one attached hydrogen (secondary N) is 1. The van der Waals surface area contributed by atoms with E-state index in [2.05, 4.69) is 20.3 Å². The molecule has 0 bridgehead atoms. The van der Waals surface area contributed by atoms with Gasteiger partial charge in [0.25, 0.3) is 0 Å². The fourth-order valence-corrected chi connectivity index (χ4v) is 3.40. The molecule has 7 nitrogen and oxygen atoms in total. The van der Waals surface area contributed by atoms with Gasteiger partial charge in [-0.25, -0.2) is 4.68 Å². The van der Waals surface area contributed by atoms with Gasteiger partial charge in [0.2, 0.25) is 11.1 Å². The molecule has 0 aliphatic heterocycles. The number of alkyl halides is 2. The van der Waals surface area contributed by atoms with Crippen LogP contribution in [0, 0.1) is 0 Å². The summed E-state index contributed by atoms with van der Waals surface area (Å²) >= 11 is 7.00. The largest absolute Gasteiger partial charge is 0.435 e. The maximum absolute atomic E-state index is 12.2. The van der Waals surface area contributed by atoms with Gasteiger partial charge in [-0.3, -0.25) is 4.79 Å². The Labute approximate surface area is 180 Å². The van der Waals surface area contributed by atoms with Gasteiger partial charge in [0.15, 0.2) is 5.82 Å². The average Bonchev–Trinajstić information content (AvgIpc) is 3.07. The molecule has 1 aromatic heterocycles. The van der Waals surface area contributed by atoms with E-state index in [1.807, 2.05) is 19.1 Å². The lowest BCUT2D eigenvalue weighted by molar-refractivity contribution is -0.119. The summed E-state index contributed by atoms with van der Waals surface area (Å²) in [5.41, 5.74) is 1.50. The van der Waals surface area contributed by atoms with Crippen LogP contribution in [0.1, 0.15) is 18.5 Å². The van der Waals surface area contributed by atoms with Crippen LogP contribution in [-0.2, 0) is 4.79 Å². The van der Waals surface area contributed by atoms with Crippen LogP contribution < -0.4 is 15.9 Å². The third kappa shape index (κ3) is 5.61. The summed E-state index contributed by atoms with van der Waals surface area (Å²) in [6, 6.07) is 12.9. The average molecular weight is 454 g/mol. The molecule has 3 aromatic rings. The minimum Gasteiger partial charge on any atom is -0.435 e. The topological polar surface area (TPSA) is 95.1 Å². The lowest BCUT2D eigenvalue weighted by Crippen LogP contribution is -2.28. The van der Waals surface area contributed by atoms with Crippen molar-refractivity contribution in [3.63, 3.8) is 0 Å². The van der Waals surface area contributed by atoms with E-state index in [0.717, 1.165) is 17.3 Å². The maximum atomic E-state index is 12.2. The van der Waals surface area contributed by atoms with Crippen LogP contribution in [0.2, 0.25) is 5.02 Å². The number of nitrogen functional groups attached to an aromatic ring is 1. The second-order valence-electron chi connectivity index (χ2n) is 6.21. The summed E-state index contributed by atoms with van der Waals surface area (Å²) in [5, 5.41) is 11.8. The Morgan fingerprint density at radius 1 is 1.20 bits per heavy atom. The first-order valence-corrected chi connectivity index (χ1v) is 10.1. The molecule has 0 fully saturated rings. The number of ether oxygens (including phenoxy) is 1. The Morgan fingerprint density at radius 3 is 2.50 bits per heavy atom. The predicted octanol–water partition coefficient (Wildman–Crippen LogP) is 3.88. The quantitative estimate of drug-likeness (QED) is 0.397. The molecule has 1 heterocycles. The first-order chi connectivity index (χ1) is 14.3. The van der Waals surface area contributed by atoms with Crippen molar-refractivity contribution in [1.82, 2.24) is 20.2 Å². The van der Waals surface area contributed by atoms with Crippen molar-refractivity contribution in [3.8, 4) is 17.1 Å². The lowest BCUT2D eigenvalue weighted by Gasteiger charge is -2.14. The van der Waals surface area contributed by atoms with Crippen LogP contribution in [0.15, 0.2) is 53.7 Å². The molecular weight excluding hydrogens is 436 g/mol. The van der Waals surface area contributed by atoms with E-state index in [4.69, 9.17) is 17.4 Å². The van der Waals surface area contributed by atoms with Crippen LogP contribution in [0.25, 0.3) is 11.4 Å². The van der Waals surface area contributed by atoms with Gasteiger partial charge in [-0.2, -0.15) is 8.78 Å². The fourth-order valence-electron chi connectivity index (χ4n) is 2.61. The van der Waals surface area contributed by atoms with Crippen LogP contribution in [-0.4, -0.2) is 33.1 Å². The van der Waals surface area contributed by atoms with Gasteiger partial charge < -0.3 is 15.9 Å². The number of hydrogen-bond acceptors (Lipinski definition) is 6. The zero-order chi connectivity index (χ0) is 21.7. The minimum absolute atomic E-state index is 0.0258. The Hall–Kier alpha value is -2.85. The molecule has 0 spiro atoms. The second kappa shape index (κ2) is 9.77. The minimum atomic E-state index is -2.90. The number of rotatable bonds is 8. The fraction of sp³-hybridized carbons (Fsp3) is 0.211. The van der Waals surface area contributed by atoms with Crippen LogP contribution >= 0.6 is 23.4 Å². The number of nitrogens with two attached hydrogens (primary N) is 1. The Balaban J connectivity index is 1.58. The van der Waals surface area contributed by atoms with E-state index >= 15 is 0 Å². The molecule has 11 heteroatoms. The van der Waals surface area contributed by atoms with E-state index in [1.54, 1.807) is 24.3 Å². The summed E-state index contributed by atoms with van der Waals surface area (Å²) < 4.78 is 30.0. The Kier molecular flexibility index (Phi) is 7.11. The number of aromatic nitrogens is 3. The molecule has 3 rings (SSSR count). The molecule has 0 aliphatic carbocycles. The van der Waals surface area contributed by atoms with Crippen molar-refractivity contribution in [2.75, 3.05) is 11.6 Å². The summed E-state index contributed by atoms with van der Waals surface area (Å²) in [5.74, 6) is 6.28. The molecule has 0 saturated heterocycles. The maximum Gasteiger partial charge on any atom is 0.387 e. The van der Waals surface area contributed by atoms with Gasteiger partial charge in [0, 0.05) is 10.6 Å². The zero-order valence-electron chi connectivity index (χ0n) is 15.8. The van der Waals surface area contributed by atoms with Crippen molar-refractivity contribution in [2.45, 2.75) is 24.7 Å². The van der Waals surface area contributed by atoms with E-state index in [-0.39, 0.29) is 23.5 Å². The number of benzene rings is 2. The first kappa shape index (κ1) is 21.8. The number of halogens is 3. The molecule has 158 valence electrons. The highest BCUT2D eigenvalue weighted by molar-refractivity contribution is 7.99. The van der Waals surface area contributed by atoms with Gasteiger partial charge in [-0.1, -0.05) is 35.5 Å². The van der Waals surface area contributed by atoms with Crippen molar-refractivity contribution < 1.29 is 18.3 Å². The monoisotopic (exact) mass is 453 g/mol. The van der Waals surface area contributed by atoms with Gasteiger partial charge in [0.1, 0.15) is 5.75 Å². The molecule has 1 atom stereocenters. The van der Waals surface area contributed by atoms with E-state index < -0.39 is 6.61 Å². The summed E-state index contributed by atoms with van der Waals surface area (Å²) in [4.78, 5) is 12.2. The number of amides is 1. The molecule has 1 amide bonds. The molecule has 1 unspecified atom stereocenters. The highest BCUT2D eigenvalue weighted by atomic mass is 35.5. The molecule has 0 radical (unpaired) electrons. The third-order valence-corrected chi connectivity index (χ3v) is 5.28. The molecule has 0 saturated carbocycles. The van der Waals surface area contributed by atoms with E-state index in [0.29, 0.717) is 21.6 Å². The number of nitrogens with zero attached hydrogens (tertiary/aromatic N) is 3. The first-order valence-electron chi connectivity index (χ1n) is 8.77. The van der Waals surface area contributed by atoms with Crippen LogP contribution in [0.5, 0.6) is 5.75 Å². The Morgan fingerprint density at radius 2 is 1.87 bits per heavy atom. The standard InChI is InChI=1S/C19H18ClF2N5O2S/c1-11(12-2-6-14(20)7-3-12)24-16(28)10-30-19-26-25-17(27(19)23)13-4-8-15(9-5-13)29-18(21)22/h2-9,11,18H,10,23H2,1H3,(H,24,28). The van der Waals surface area contributed by atoms with Gasteiger partial charge in [-0.15, -0.1) is 10.2 Å². The highest BCUT2D eigenvalue weighted by Crippen LogP contribution is 2.24. The number of carbonyl (C=O) groups excluding carboxylic acids is 1. The molecule has 30 heavy (non-hydrogen) atoms. The summed E-state index contributed by atoms with van der Waals surface area (Å²) in [6.45, 7) is -1.03. The molecule has 3 N–H and O–H groups in total. The Bertz CT molecular complexity index is 999. The number of carbonyl (C=O) groups is 1. The third-order valence-electron chi connectivity index (χ3n) is 4.08. The van der Waals surface area contributed by atoms with Crippen molar-refractivity contribution >= 4 is 29.3 Å². The normalized spacial score (nSPS) is 12.0. The lowest BCUT2D eigenvalue weighted by atomic mass is 10.1. The number of hydrogen-bond donors (Lipinski definition) is 2. The molecule has 2 aromatic carbocycles. The summed E-state index contributed by atoms with van der Waals surface area (Å²) in [7, 11) is 0. The van der Waals surface area contributed by atoms with E-state index in [1.165, 1.54) is 16.8 Å². The smallest absolute Gasteiger partial charge is 0.387 e. The van der Waals surface area contributed by atoms with Crippen LogP contribution in [0.3, 0.4) is 0 Å². The molecule has 0 aliphatic rings. The predicted molar refractivity (Wildman–Crippen MR) is 111 cm³/mol. The summed E-state index contributed by atoms with van der Waals surface area (Å²) in [6.07, 6.45) is 0.